The zero-order valence-corrected chi connectivity index (χ0v) is 16.5. The first-order valence-electron chi connectivity index (χ1n) is 8.99. The third kappa shape index (κ3) is 4.32. The molecule has 1 atom stereocenters. The van der Waals surface area contributed by atoms with Crippen molar-refractivity contribution in [2.24, 2.45) is 0 Å². The Morgan fingerprint density at radius 2 is 1.93 bits per heavy atom. The van der Waals surface area contributed by atoms with Gasteiger partial charge in [-0.05, 0) is 49.2 Å². The van der Waals surface area contributed by atoms with Gasteiger partial charge in [-0.1, -0.05) is 35.3 Å². The number of nitrogens with zero attached hydrogens (tertiary/aromatic N) is 2. The maximum absolute atomic E-state index is 6.49. The van der Waals surface area contributed by atoms with Crippen molar-refractivity contribution in [3.05, 3.63) is 46.4 Å². The first-order chi connectivity index (χ1) is 13.6. The van der Waals surface area contributed by atoms with Gasteiger partial charge in [0.1, 0.15) is 12.4 Å². The second kappa shape index (κ2) is 8.26. The largest absolute Gasteiger partial charge is 0.492 e. The van der Waals surface area contributed by atoms with Crippen LogP contribution in [0.25, 0.3) is 11.1 Å². The molecule has 146 valence electrons. The second-order valence-corrected chi connectivity index (χ2v) is 7.43. The smallest absolute Gasteiger partial charge is 0.248 e. The molecule has 1 aromatic heterocycles. The molecule has 1 saturated heterocycles. The Morgan fingerprint density at radius 1 is 1.18 bits per heavy atom. The molecule has 1 aliphatic rings. The highest BCUT2D eigenvalue weighted by atomic mass is 35.5. The van der Waals surface area contributed by atoms with E-state index in [0.29, 0.717) is 34.3 Å². The van der Waals surface area contributed by atoms with E-state index >= 15 is 0 Å². The van der Waals surface area contributed by atoms with Gasteiger partial charge in [0.15, 0.2) is 0 Å². The third-order valence-electron chi connectivity index (χ3n) is 4.56. The SMILES string of the molecule is Nc1nc(Nc2cc(Cl)c(-c3ccc(OC[C@H]4CCCN4)cc3)c(Cl)c2)n[nH]1. The van der Waals surface area contributed by atoms with Gasteiger partial charge in [0.25, 0.3) is 0 Å². The second-order valence-electron chi connectivity index (χ2n) is 6.61. The van der Waals surface area contributed by atoms with Crippen molar-refractivity contribution in [3.63, 3.8) is 0 Å². The number of hydrogen-bond acceptors (Lipinski definition) is 6. The minimum absolute atomic E-state index is 0.224. The summed E-state index contributed by atoms with van der Waals surface area (Å²) in [6.45, 7) is 1.74. The fourth-order valence-electron chi connectivity index (χ4n) is 3.19. The number of hydrogen-bond donors (Lipinski definition) is 4. The van der Waals surface area contributed by atoms with Gasteiger partial charge in [-0.3, -0.25) is 0 Å². The van der Waals surface area contributed by atoms with Gasteiger partial charge in [0.2, 0.25) is 11.9 Å². The highest BCUT2D eigenvalue weighted by molar-refractivity contribution is 6.39. The molecule has 2 aromatic carbocycles. The normalized spacial score (nSPS) is 16.3. The summed E-state index contributed by atoms with van der Waals surface area (Å²) in [5.41, 5.74) is 7.86. The van der Waals surface area contributed by atoms with Crippen LogP contribution in [0.2, 0.25) is 10.0 Å². The predicted octanol–water partition coefficient (Wildman–Crippen LogP) is 4.24. The van der Waals surface area contributed by atoms with Crippen LogP contribution in [0.5, 0.6) is 5.75 Å². The highest BCUT2D eigenvalue weighted by Gasteiger charge is 2.15. The molecule has 0 spiro atoms. The van der Waals surface area contributed by atoms with Crippen LogP contribution in [0, 0.1) is 0 Å². The summed E-state index contributed by atoms with van der Waals surface area (Å²) >= 11 is 13.0. The van der Waals surface area contributed by atoms with Crippen LogP contribution in [-0.2, 0) is 0 Å². The summed E-state index contributed by atoms with van der Waals surface area (Å²) in [5.74, 6) is 1.39. The van der Waals surface area contributed by atoms with Crippen LogP contribution in [0.15, 0.2) is 36.4 Å². The number of nitrogen functional groups attached to an aromatic ring is 1. The Balaban J connectivity index is 1.48. The van der Waals surface area contributed by atoms with E-state index < -0.39 is 0 Å². The molecular formula is C19H20Cl2N6O. The summed E-state index contributed by atoms with van der Waals surface area (Å²) in [7, 11) is 0. The number of anilines is 3. The number of benzene rings is 2. The van der Waals surface area contributed by atoms with E-state index in [2.05, 4.69) is 25.8 Å². The maximum atomic E-state index is 6.49. The highest BCUT2D eigenvalue weighted by Crippen LogP contribution is 2.38. The first kappa shape index (κ1) is 18.9. The van der Waals surface area contributed by atoms with Crippen molar-refractivity contribution in [2.45, 2.75) is 18.9 Å². The van der Waals surface area contributed by atoms with Crippen LogP contribution < -0.4 is 21.1 Å². The van der Waals surface area contributed by atoms with Crippen LogP contribution in [-0.4, -0.2) is 34.4 Å². The Bertz CT molecular complexity index is 930. The van der Waals surface area contributed by atoms with E-state index in [1.807, 2.05) is 24.3 Å². The lowest BCUT2D eigenvalue weighted by Gasteiger charge is -2.14. The van der Waals surface area contributed by atoms with Gasteiger partial charge in [-0.25, -0.2) is 5.10 Å². The fourth-order valence-corrected chi connectivity index (χ4v) is 3.90. The van der Waals surface area contributed by atoms with Crippen molar-refractivity contribution in [1.82, 2.24) is 20.5 Å². The summed E-state index contributed by atoms with van der Waals surface area (Å²) in [6.07, 6.45) is 2.36. The standard InChI is InChI=1S/C19H20Cl2N6O/c20-15-8-13(24-19-25-18(22)26-27-19)9-16(21)17(15)11-3-5-14(6-4-11)28-10-12-2-1-7-23-12/h3-6,8-9,12,23H,1-2,7,10H2,(H4,22,24,25,26,27)/t12-/m1/s1. The van der Waals surface area contributed by atoms with E-state index in [1.54, 1.807) is 12.1 Å². The minimum atomic E-state index is 0.224. The molecule has 0 saturated carbocycles. The number of halogens is 2. The average Bonchev–Trinajstić information content (AvgIpc) is 3.32. The van der Waals surface area contributed by atoms with Gasteiger partial charge < -0.3 is 21.1 Å². The molecule has 28 heavy (non-hydrogen) atoms. The van der Waals surface area contributed by atoms with E-state index in [4.69, 9.17) is 33.7 Å². The number of aromatic amines is 1. The van der Waals surface area contributed by atoms with Gasteiger partial charge >= 0.3 is 0 Å². The van der Waals surface area contributed by atoms with Crippen molar-refractivity contribution in [3.8, 4) is 16.9 Å². The lowest BCUT2D eigenvalue weighted by molar-refractivity contribution is 0.277. The van der Waals surface area contributed by atoms with Gasteiger partial charge in [0.05, 0.1) is 10.0 Å². The Hall–Kier alpha value is -2.48. The zero-order chi connectivity index (χ0) is 19.5. The van der Waals surface area contributed by atoms with Crippen molar-refractivity contribution in [1.29, 1.82) is 0 Å². The monoisotopic (exact) mass is 418 g/mol. The predicted molar refractivity (Wildman–Crippen MR) is 112 cm³/mol. The molecule has 7 nitrogen and oxygen atoms in total. The van der Waals surface area contributed by atoms with Gasteiger partial charge in [-0.2, -0.15) is 4.98 Å². The molecule has 4 rings (SSSR count). The topological polar surface area (TPSA) is 101 Å². The van der Waals surface area contributed by atoms with Gasteiger partial charge in [-0.15, -0.1) is 5.10 Å². The van der Waals surface area contributed by atoms with Crippen molar-refractivity contribution >= 4 is 40.8 Å². The van der Waals surface area contributed by atoms with Gasteiger partial charge in [0, 0.05) is 17.3 Å². The summed E-state index contributed by atoms with van der Waals surface area (Å²) in [6, 6.07) is 11.7. The molecule has 2 heterocycles. The number of rotatable bonds is 6. The summed E-state index contributed by atoms with van der Waals surface area (Å²) < 4.78 is 5.86. The number of aromatic nitrogens is 3. The Labute approximate surface area is 172 Å². The zero-order valence-electron chi connectivity index (χ0n) is 15.0. The maximum Gasteiger partial charge on any atom is 0.248 e. The number of ether oxygens (including phenoxy) is 1. The lowest BCUT2D eigenvalue weighted by Crippen LogP contribution is -2.28. The van der Waals surface area contributed by atoms with Crippen molar-refractivity contribution in [2.75, 3.05) is 24.2 Å². The number of H-pyrrole nitrogens is 1. The summed E-state index contributed by atoms with van der Waals surface area (Å²) in [4.78, 5) is 4.00. The van der Waals surface area contributed by atoms with Crippen molar-refractivity contribution < 1.29 is 4.74 Å². The molecule has 1 fully saturated rings. The average molecular weight is 419 g/mol. The first-order valence-corrected chi connectivity index (χ1v) is 9.74. The molecule has 0 unspecified atom stereocenters. The minimum Gasteiger partial charge on any atom is -0.492 e. The molecule has 0 amide bonds. The molecule has 0 bridgehead atoms. The fraction of sp³-hybridized carbons (Fsp3) is 0.263. The molecular weight excluding hydrogens is 399 g/mol. The lowest BCUT2D eigenvalue weighted by atomic mass is 10.0. The third-order valence-corrected chi connectivity index (χ3v) is 5.15. The van der Waals surface area contributed by atoms with E-state index in [0.717, 1.165) is 29.8 Å². The van der Waals surface area contributed by atoms with Crippen LogP contribution in [0.3, 0.4) is 0 Å². The molecule has 1 aliphatic heterocycles. The van der Waals surface area contributed by atoms with E-state index in [-0.39, 0.29) is 5.95 Å². The summed E-state index contributed by atoms with van der Waals surface area (Å²) in [5, 5.41) is 14.0. The van der Waals surface area contributed by atoms with E-state index in [1.165, 1.54) is 6.42 Å². The van der Waals surface area contributed by atoms with Crippen LogP contribution >= 0.6 is 23.2 Å². The van der Waals surface area contributed by atoms with Crippen LogP contribution in [0.4, 0.5) is 17.6 Å². The molecule has 0 radical (unpaired) electrons. The van der Waals surface area contributed by atoms with Crippen LogP contribution in [0.1, 0.15) is 12.8 Å². The van der Waals surface area contributed by atoms with E-state index in [9.17, 15) is 0 Å². The molecule has 9 heteroatoms. The Morgan fingerprint density at radius 3 is 2.54 bits per heavy atom. The number of nitrogens with two attached hydrogens (primary N) is 1. The molecule has 3 aromatic rings. The molecule has 0 aliphatic carbocycles. The quantitative estimate of drug-likeness (QED) is 0.477. The number of nitrogens with one attached hydrogen (secondary N) is 3. The molecule has 5 N–H and O–H groups in total. The Kier molecular flexibility index (Phi) is 5.57.